The zero-order valence-corrected chi connectivity index (χ0v) is 8.10. The highest BCUT2D eigenvalue weighted by atomic mass is 19.1. The van der Waals surface area contributed by atoms with E-state index >= 15 is 0 Å². The summed E-state index contributed by atoms with van der Waals surface area (Å²) < 4.78 is 26.2. The van der Waals surface area contributed by atoms with E-state index in [0.29, 0.717) is 0 Å². The van der Waals surface area contributed by atoms with E-state index in [-0.39, 0.29) is 29.7 Å². The van der Waals surface area contributed by atoms with Crippen LogP contribution >= 0.6 is 0 Å². The second kappa shape index (κ2) is 3.49. The fraction of sp³-hybridized carbons (Fsp3) is 0.300. The van der Waals surface area contributed by atoms with Crippen LogP contribution in [-0.4, -0.2) is 11.9 Å². The highest BCUT2D eigenvalue weighted by Crippen LogP contribution is 2.29. The Kier molecular flexibility index (Phi) is 2.30. The van der Waals surface area contributed by atoms with Crippen LogP contribution in [0.1, 0.15) is 13.3 Å². The minimum absolute atomic E-state index is 0.0192. The molecule has 3 nitrogen and oxygen atoms in total. The summed E-state index contributed by atoms with van der Waals surface area (Å²) >= 11 is 0. The first kappa shape index (κ1) is 9.89. The number of hydrogen-bond donors (Lipinski definition) is 2. The fourth-order valence-corrected chi connectivity index (χ4v) is 1.60. The number of amides is 1. The van der Waals surface area contributed by atoms with Gasteiger partial charge >= 0.3 is 0 Å². The monoisotopic (exact) mass is 212 g/mol. The maximum Gasteiger partial charge on any atom is 0.226 e. The lowest BCUT2D eigenvalue weighted by atomic mass is 10.2. The van der Waals surface area contributed by atoms with Crippen LogP contribution in [0.2, 0.25) is 0 Å². The maximum atomic E-state index is 13.3. The molecule has 1 atom stereocenters. The molecule has 15 heavy (non-hydrogen) atoms. The van der Waals surface area contributed by atoms with Crippen LogP contribution in [-0.2, 0) is 4.79 Å². The van der Waals surface area contributed by atoms with Crippen LogP contribution in [0.15, 0.2) is 12.1 Å². The molecule has 0 fully saturated rings. The Hall–Kier alpha value is -1.65. The van der Waals surface area contributed by atoms with Crippen molar-refractivity contribution in [2.24, 2.45) is 0 Å². The van der Waals surface area contributed by atoms with Gasteiger partial charge < -0.3 is 10.6 Å². The van der Waals surface area contributed by atoms with Crippen LogP contribution in [0.25, 0.3) is 0 Å². The molecule has 0 bridgehead atoms. The van der Waals surface area contributed by atoms with E-state index in [1.54, 1.807) is 6.92 Å². The molecule has 0 aliphatic carbocycles. The van der Waals surface area contributed by atoms with E-state index in [0.717, 1.165) is 6.07 Å². The molecule has 0 saturated carbocycles. The average molecular weight is 212 g/mol. The van der Waals surface area contributed by atoms with Crippen LogP contribution in [0.3, 0.4) is 0 Å². The molecule has 1 heterocycles. The number of rotatable bonds is 0. The largest absolute Gasteiger partial charge is 0.380 e. The Balaban J connectivity index is 2.50. The van der Waals surface area contributed by atoms with Gasteiger partial charge in [-0.2, -0.15) is 0 Å². The molecular formula is C10H10F2N2O. The van der Waals surface area contributed by atoms with E-state index in [2.05, 4.69) is 10.6 Å². The van der Waals surface area contributed by atoms with Gasteiger partial charge in [-0.25, -0.2) is 8.78 Å². The SMILES string of the molecule is CC1CC(=O)Nc2c(F)cc(F)cc2N1. The highest BCUT2D eigenvalue weighted by Gasteiger charge is 2.20. The van der Waals surface area contributed by atoms with Crippen molar-refractivity contribution in [3.8, 4) is 0 Å². The summed E-state index contributed by atoms with van der Waals surface area (Å²) in [5, 5.41) is 5.28. The number of benzene rings is 1. The number of fused-ring (bicyclic) bond motifs is 1. The Morgan fingerprint density at radius 3 is 2.87 bits per heavy atom. The molecule has 1 unspecified atom stereocenters. The molecule has 80 valence electrons. The van der Waals surface area contributed by atoms with Crippen LogP contribution in [0, 0.1) is 11.6 Å². The van der Waals surface area contributed by atoms with Gasteiger partial charge in [-0.15, -0.1) is 0 Å². The van der Waals surface area contributed by atoms with E-state index in [9.17, 15) is 13.6 Å². The van der Waals surface area contributed by atoms with Crippen LogP contribution in [0.4, 0.5) is 20.2 Å². The number of anilines is 2. The summed E-state index contributed by atoms with van der Waals surface area (Å²) in [6, 6.07) is 1.77. The van der Waals surface area contributed by atoms with Gasteiger partial charge in [-0.05, 0) is 13.0 Å². The smallest absolute Gasteiger partial charge is 0.226 e. The van der Waals surface area contributed by atoms with Crippen molar-refractivity contribution in [2.75, 3.05) is 10.6 Å². The minimum atomic E-state index is -0.764. The summed E-state index contributed by atoms with van der Waals surface area (Å²) in [4.78, 5) is 11.3. The molecule has 1 aromatic rings. The first-order valence-corrected chi connectivity index (χ1v) is 4.61. The van der Waals surface area contributed by atoms with E-state index in [1.807, 2.05) is 0 Å². The summed E-state index contributed by atoms with van der Waals surface area (Å²) in [5.41, 5.74) is 0.302. The van der Waals surface area contributed by atoms with Crippen LogP contribution in [0.5, 0.6) is 0 Å². The van der Waals surface area contributed by atoms with Gasteiger partial charge in [0.25, 0.3) is 0 Å². The third-order valence-corrected chi connectivity index (χ3v) is 2.21. The molecule has 1 aromatic carbocycles. The van der Waals surface area contributed by atoms with Gasteiger partial charge in [0.05, 0.1) is 5.69 Å². The molecule has 0 saturated heterocycles. The van der Waals surface area contributed by atoms with Crippen molar-refractivity contribution in [3.63, 3.8) is 0 Å². The standard InChI is InChI=1S/C10H10F2N2O/c1-5-2-9(15)14-10-7(12)3-6(11)4-8(10)13-5/h3-5,13H,2H2,1H3,(H,14,15). The summed E-state index contributed by atoms with van der Waals surface area (Å²) in [6.07, 6.45) is 0.232. The van der Waals surface area contributed by atoms with Crippen molar-refractivity contribution in [2.45, 2.75) is 19.4 Å². The van der Waals surface area contributed by atoms with Gasteiger partial charge in [0, 0.05) is 18.5 Å². The Bertz CT molecular complexity index is 420. The lowest BCUT2D eigenvalue weighted by Gasteiger charge is -2.11. The van der Waals surface area contributed by atoms with Crippen molar-refractivity contribution < 1.29 is 13.6 Å². The molecule has 0 aromatic heterocycles. The topological polar surface area (TPSA) is 41.1 Å². The predicted molar refractivity (Wildman–Crippen MR) is 52.7 cm³/mol. The Morgan fingerprint density at radius 2 is 2.13 bits per heavy atom. The summed E-state index contributed by atoms with van der Waals surface area (Å²) in [7, 11) is 0. The Labute approximate surface area is 85.5 Å². The molecule has 2 N–H and O–H groups in total. The summed E-state index contributed by atoms with van der Waals surface area (Å²) in [5.74, 6) is -1.71. The third-order valence-electron chi connectivity index (χ3n) is 2.21. The van der Waals surface area contributed by atoms with Gasteiger partial charge in [0.15, 0.2) is 5.82 Å². The molecular weight excluding hydrogens is 202 g/mol. The number of hydrogen-bond acceptors (Lipinski definition) is 2. The van der Waals surface area contributed by atoms with Crippen LogP contribution < -0.4 is 10.6 Å². The first-order valence-electron chi connectivity index (χ1n) is 4.61. The molecule has 5 heteroatoms. The van der Waals surface area contributed by atoms with Gasteiger partial charge in [-0.1, -0.05) is 0 Å². The molecule has 1 amide bonds. The normalized spacial score (nSPS) is 19.9. The lowest BCUT2D eigenvalue weighted by Crippen LogP contribution is -2.18. The van der Waals surface area contributed by atoms with E-state index in [1.165, 1.54) is 6.07 Å². The fourth-order valence-electron chi connectivity index (χ4n) is 1.60. The van der Waals surface area contributed by atoms with Crippen molar-refractivity contribution >= 4 is 17.3 Å². The summed E-state index contributed by atoms with van der Waals surface area (Å²) in [6.45, 7) is 1.78. The first-order chi connectivity index (χ1) is 7.06. The van der Waals surface area contributed by atoms with Gasteiger partial charge in [-0.3, -0.25) is 4.79 Å². The molecule has 0 radical (unpaired) electrons. The molecule has 2 rings (SSSR count). The van der Waals surface area contributed by atoms with Crippen molar-refractivity contribution in [1.29, 1.82) is 0 Å². The number of nitrogens with one attached hydrogen (secondary N) is 2. The number of carbonyl (C=O) groups is 1. The molecule has 0 spiro atoms. The highest BCUT2D eigenvalue weighted by molar-refractivity contribution is 5.96. The van der Waals surface area contributed by atoms with Crippen molar-refractivity contribution in [1.82, 2.24) is 0 Å². The quantitative estimate of drug-likeness (QED) is 0.691. The molecule has 1 aliphatic heterocycles. The zero-order valence-electron chi connectivity index (χ0n) is 8.10. The van der Waals surface area contributed by atoms with Crippen molar-refractivity contribution in [3.05, 3.63) is 23.8 Å². The zero-order chi connectivity index (χ0) is 11.0. The third kappa shape index (κ3) is 1.91. The predicted octanol–water partition coefficient (Wildman–Crippen LogP) is 2.11. The Morgan fingerprint density at radius 1 is 1.40 bits per heavy atom. The number of halogens is 2. The lowest BCUT2D eigenvalue weighted by molar-refractivity contribution is -0.116. The van der Waals surface area contributed by atoms with Gasteiger partial charge in [0.1, 0.15) is 11.5 Å². The maximum absolute atomic E-state index is 13.3. The van der Waals surface area contributed by atoms with E-state index < -0.39 is 11.6 Å². The van der Waals surface area contributed by atoms with Gasteiger partial charge in [0.2, 0.25) is 5.91 Å². The minimum Gasteiger partial charge on any atom is -0.380 e. The average Bonchev–Trinajstić information content (AvgIpc) is 2.22. The van der Waals surface area contributed by atoms with E-state index in [4.69, 9.17) is 0 Å². The second-order valence-corrected chi connectivity index (χ2v) is 3.61. The number of carbonyl (C=O) groups excluding carboxylic acids is 1. The second-order valence-electron chi connectivity index (χ2n) is 3.61. The molecule has 1 aliphatic rings.